The highest BCUT2D eigenvalue weighted by Gasteiger charge is 2.12. The van der Waals surface area contributed by atoms with Crippen LogP contribution in [-0.2, 0) is 0 Å². The molecule has 0 aliphatic carbocycles. The van der Waals surface area contributed by atoms with E-state index in [1.54, 1.807) is 0 Å². The van der Waals surface area contributed by atoms with Gasteiger partial charge in [0.05, 0.1) is 0 Å². The van der Waals surface area contributed by atoms with Crippen LogP contribution in [0.2, 0.25) is 0 Å². The minimum absolute atomic E-state index is 0.596. The normalized spacial score (nSPS) is 10.4. The van der Waals surface area contributed by atoms with Gasteiger partial charge in [0.1, 0.15) is 36.3 Å². The van der Waals surface area contributed by atoms with Crippen LogP contribution in [0.15, 0.2) is 91.0 Å². The lowest BCUT2D eigenvalue weighted by Crippen LogP contribution is -2.09. The fourth-order valence-corrected chi connectivity index (χ4v) is 3.38. The Bertz CT molecular complexity index is 616. The Morgan fingerprint density at radius 1 is 0.440 bits per heavy atom. The van der Waals surface area contributed by atoms with Crippen molar-refractivity contribution in [3.8, 4) is 17.2 Å². The summed E-state index contributed by atoms with van der Waals surface area (Å²) in [5.41, 5.74) is 0. The van der Waals surface area contributed by atoms with E-state index in [4.69, 9.17) is 14.2 Å². The number of benzene rings is 3. The molecule has 0 saturated carbocycles. The van der Waals surface area contributed by atoms with E-state index in [2.05, 4.69) is 0 Å². The number of ether oxygens (including phenoxy) is 3. The predicted octanol–water partition coefficient (Wildman–Crippen LogP) is 5.58. The van der Waals surface area contributed by atoms with Gasteiger partial charge in [-0.1, -0.05) is 54.6 Å². The van der Waals surface area contributed by atoms with Crippen LogP contribution in [0.5, 0.6) is 17.2 Å². The van der Waals surface area contributed by atoms with E-state index in [-0.39, 0.29) is 0 Å². The second-order valence-electron chi connectivity index (χ2n) is 5.43. The molecule has 0 aromatic heterocycles. The molecule has 25 heavy (non-hydrogen) atoms. The number of rotatable bonds is 9. The van der Waals surface area contributed by atoms with Crippen molar-refractivity contribution in [2.75, 3.05) is 19.0 Å². The van der Waals surface area contributed by atoms with Gasteiger partial charge in [0.25, 0.3) is 0 Å². The minimum Gasteiger partial charge on any atom is -0.489 e. The molecule has 4 heteroatoms. The Kier molecular flexibility index (Phi) is 6.72. The molecule has 0 heterocycles. The molecule has 0 N–H and O–H groups in total. The summed E-state index contributed by atoms with van der Waals surface area (Å²) in [4.78, 5) is 0. The Balaban J connectivity index is 1.56. The van der Waals surface area contributed by atoms with Crippen LogP contribution in [-0.4, -0.2) is 19.0 Å². The highest BCUT2D eigenvalue weighted by Crippen LogP contribution is 2.36. The minimum atomic E-state index is -0.598. The number of hydrogen-bond acceptors (Lipinski definition) is 3. The maximum atomic E-state index is 5.91. The van der Waals surface area contributed by atoms with Gasteiger partial charge in [-0.2, -0.15) is 0 Å². The third kappa shape index (κ3) is 6.13. The van der Waals surface area contributed by atoms with Crippen LogP contribution < -0.4 is 14.2 Å². The van der Waals surface area contributed by atoms with Crippen molar-refractivity contribution in [1.82, 2.24) is 0 Å². The van der Waals surface area contributed by atoms with Crippen molar-refractivity contribution in [1.29, 1.82) is 0 Å². The van der Waals surface area contributed by atoms with Gasteiger partial charge in [0.2, 0.25) is 0 Å². The van der Waals surface area contributed by atoms with Gasteiger partial charge < -0.3 is 14.2 Å². The molecule has 3 aromatic carbocycles. The van der Waals surface area contributed by atoms with Crippen molar-refractivity contribution in [2.24, 2.45) is 0 Å². The summed E-state index contributed by atoms with van der Waals surface area (Å²) < 4.78 is 17.7. The van der Waals surface area contributed by atoms with Crippen LogP contribution in [0.1, 0.15) is 0 Å². The first-order valence-corrected chi connectivity index (χ1v) is 10.1. The van der Waals surface area contributed by atoms with Crippen LogP contribution in [0.3, 0.4) is 0 Å². The molecule has 0 unspecified atom stereocenters. The van der Waals surface area contributed by atoms with Gasteiger partial charge in [-0.3, -0.25) is 0 Å². The zero-order valence-corrected chi connectivity index (χ0v) is 14.8. The molecule has 0 atom stereocenters. The van der Waals surface area contributed by atoms with E-state index in [1.807, 2.05) is 91.0 Å². The van der Waals surface area contributed by atoms with Crippen LogP contribution in [0.25, 0.3) is 0 Å². The standard InChI is InChI=1S/C21H21O3P/c1-4-10-19(11-5-1)22-16-25(17-23-20-12-6-2-7-13-20)18-24-21-14-8-3-9-15-21/h1-15H,16-18H2. The molecule has 128 valence electrons. The summed E-state index contributed by atoms with van der Waals surface area (Å²) in [6.07, 6.45) is 1.79. The van der Waals surface area contributed by atoms with Gasteiger partial charge in [-0.25, -0.2) is 0 Å². The third-order valence-electron chi connectivity index (χ3n) is 3.47. The van der Waals surface area contributed by atoms with Crippen molar-refractivity contribution in [3.05, 3.63) is 91.0 Å². The molecule has 0 bridgehead atoms. The molecular weight excluding hydrogens is 331 g/mol. The quantitative estimate of drug-likeness (QED) is 0.471. The van der Waals surface area contributed by atoms with E-state index < -0.39 is 7.92 Å². The van der Waals surface area contributed by atoms with Crippen molar-refractivity contribution < 1.29 is 14.2 Å². The monoisotopic (exact) mass is 352 g/mol. The molecule has 0 saturated heterocycles. The van der Waals surface area contributed by atoms with Gasteiger partial charge in [0, 0.05) is 7.92 Å². The molecule has 0 fully saturated rings. The zero-order valence-electron chi connectivity index (χ0n) is 14.0. The second kappa shape index (κ2) is 9.71. The summed E-state index contributed by atoms with van der Waals surface area (Å²) in [6.45, 7) is 0. The van der Waals surface area contributed by atoms with E-state index in [0.717, 1.165) is 17.2 Å². The topological polar surface area (TPSA) is 27.7 Å². The Labute approximate surface area is 149 Å². The zero-order chi connectivity index (χ0) is 17.2. The van der Waals surface area contributed by atoms with Gasteiger partial charge in [-0.15, -0.1) is 0 Å². The smallest absolute Gasteiger partial charge is 0.119 e. The molecule has 0 aliphatic heterocycles. The maximum Gasteiger partial charge on any atom is 0.119 e. The van der Waals surface area contributed by atoms with Crippen LogP contribution >= 0.6 is 7.92 Å². The molecule has 3 nitrogen and oxygen atoms in total. The van der Waals surface area contributed by atoms with Crippen molar-refractivity contribution in [3.63, 3.8) is 0 Å². The molecule has 0 spiro atoms. The van der Waals surface area contributed by atoms with Crippen molar-refractivity contribution in [2.45, 2.75) is 0 Å². The molecule has 0 amide bonds. The summed E-state index contributed by atoms with van der Waals surface area (Å²) in [6, 6.07) is 29.5. The average Bonchev–Trinajstić information content (AvgIpc) is 2.70. The number of hydrogen-bond donors (Lipinski definition) is 0. The lowest BCUT2D eigenvalue weighted by molar-refractivity contribution is 0.341. The first-order valence-electron chi connectivity index (χ1n) is 8.16. The van der Waals surface area contributed by atoms with Crippen LogP contribution in [0.4, 0.5) is 0 Å². The van der Waals surface area contributed by atoms with Gasteiger partial charge in [-0.05, 0) is 36.4 Å². The largest absolute Gasteiger partial charge is 0.489 e. The maximum absolute atomic E-state index is 5.91. The van der Waals surface area contributed by atoms with Crippen LogP contribution in [0, 0.1) is 0 Å². The lowest BCUT2D eigenvalue weighted by Gasteiger charge is -2.19. The van der Waals surface area contributed by atoms with E-state index in [9.17, 15) is 0 Å². The molecule has 3 rings (SSSR count). The van der Waals surface area contributed by atoms with Crippen molar-refractivity contribution >= 4 is 7.92 Å². The number of para-hydroxylation sites is 3. The first-order chi connectivity index (χ1) is 12.4. The summed E-state index contributed by atoms with van der Waals surface area (Å²) >= 11 is 0. The fourth-order valence-electron chi connectivity index (χ4n) is 2.16. The Morgan fingerprint density at radius 2 is 0.720 bits per heavy atom. The molecule has 0 radical (unpaired) electrons. The van der Waals surface area contributed by atoms with Gasteiger partial charge >= 0.3 is 0 Å². The summed E-state index contributed by atoms with van der Waals surface area (Å²) in [5, 5.41) is 0. The first kappa shape index (κ1) is 17.3. The highest BCUT2D eigenvalue weighted by molar-refractivity contribution is 7.57. The molecular formula is C21H21O3P. The lowest BCUT2D eigenvalue weighted by atomic mass is 10.3. The third-order valence-corrected chi connectivity index (χ3v) is 4.95. The Hall–Kier alpha value is -2.51. The SMILES string of the molecule is c1ccc(OCP(COc2ccccc2)COc2ccccc2)cc1. The second-order valence-corrected chi connectivity index (χ2v) is 7.55. The van der Waals surface area contributed by atoms with E-state index in [1.165, 1.54) is 0 Å². The molecule has 3 aromatic rings. The average molecular weight is 352 g/mol. The summed E-state index contributed by atoms with van der Waals surface area (Å²) in [5.74, 6) is 2.61. The predicted molar refractivity (Wildman–Crippen MR) is 103 cm³/mol. The fraction of sp³-hybridized carbons (Fsp3) is 0.143. The molecule has 0 aliphatic rings. The highest BCUT2D eigenvalue weighted by atomic mass is 31.1. The van der Waals surface area contributed by atoms with E-state index >= 15 is 0 Å². The van der Waals surface area contributed by atoms with Gasteiger partial charge in [0.15, 0.2) is 0 Å². The summed E-state index contributed by atoms with van der Waals surface area (Å²) in [7, 11) is -0.598. The van der Waals surface area contributed by atoms with E-state index in [0.29, 0.717) is 19.0 Å². The Morgan fingerprint density at radius 3 is 1.00 bits per heavy atom.